The summed E-state index contributed by atoms with van der Waals surface area (Å²) < 4.78 is 4.53. The van der Waals surface area contributed by atoms with E-state index < -0.39 is 0 Å². The molecule has 0 unspecified atom stereocenters. The van der Waals surface area contributed by atoms with Crippen molar-refractivity contribution in [1.82, 2.24) is 4.40 Å². The zero-order valence-corrected chi connectivity index (χ0v) is 11.9. The van der Waals surface area contributed by atoms with Crippen molar-refractivity contribution >= 4 is 5.52 Å². The summed E-state index contributed by atoms with van der Waals surface area (Å²) in [5.74, 6) is 0. The molecule has 3 rings (SSSR count). The molecular weight excluding hydrogens is 232 g/mol. The highest BCUT2D eigenvalue weighted by Crippen LogP contribution is 2.26. The third kappa shape index (κ3) is 1.84. The predicted octanol–water partition coefficient (Wildman–Crippen LogP) is 3.36. The second kappa shape index (κ2) is 4.23. The van der Waals surface area contributed by atoms with Crippen LogP contribution in [0.1, 0.15) is 16.8 Å². The second-order valence-corrected chi connectivity index (χ2v) is 5.30. The molecule has 19 heavy (non-hydrogen) atoms. The van der Waals surface area contributed by atoms with E-state index in [1.54, 1.807) is 0 Å². The molecule has 0 aliphatic carbocycles. The minimum atomic E-state index is 1.26. The average molecular weight is 251 g/mol. The molecule has 3 aromatic rings. The molecule has 0 bridgehead atoms. The minimum Gasteiger partial charge on any atom is -0.309 e. The predicted molar refractivity (Wildman–Crippen MR) is 78.2 cm³/mol. The molecule has 2 nitrogen and oxygen atoms in total. The van der Waals surface area contributed by atoms with Crippen molar-refractivity contribution in [2.24, 2.45) is 7.05 Å². The van der Waals surface area contributed by atoms with Crippen LogP contribution in [-0.2, 0) is 7.05 Å². The smallest absolute Gasteiger partial charge is 0.229 e. The number of rotatable bonds is 1. The Morgan fingerprint density at radius 1 is 1.00 bits per heavy atom. The maximum atomic E-state index is 2.34. The quantitative estimate of drug-likeness (QED) is 0.586. The molecule has 2 heteroatoms. The molecular formula is C17H19N2+. The lowest BCUT2D eigenvalue weighted by molar-refractivity contribution is -0.660. The van der Waals surface area contributed by atoms with Crippen molar-refractivity contribution in [1.29, 1.82) is 0 Å². The van der Waals surface area contributed by atoms with Crippen molar-refractivity contribution in [3.63, 3.8) is 0 Å². The van der Waals surface area contributed by atoms with Crippen LogP contribution in [-0.4, -0.2) is 4.40 Å². The van der Waals surface area contributed by atoms with Crippen LogP contribution in [0.25, 0.3) is 16.9 Å². The highest BCUT2D eigenvalue weighted by molar-refractivity contribution is 5.68. The summed E-state index contributed by atoms with van der Waals surface area (Å²) >= 11 is 0. The molecule has 96 valence electrons. The van der Waals surface area contributed by atoms with Gasteiger partial charge in [-0.15, -0.1) is 0 Å². The normalized spacial score (nSPS) is 11.2. The molecule has 0 fully saturated rings. The molecule has 0 saturated heterocycles. The monoisotopic (exact) mass is 251 g/mol. The largest absolute Gasteiger partial charge is 0.309 e. The first-order valence-corrected chi connectivity index (χ1v) is 6.62. The molecule has 0 aromatic carbocycles. The number of hydrogen-bond donors (Lipinski definition) is 0. The Morgan fingerprint density at radius 2 is 1.79 bits per heavy atom. The number of aryl methyl sites for hydroxylation is 4. The Hall–Kier alpha value is -2.09. The lowest BCUT2D eigenvalue weighted by Crippen LogP contribution is -2.31. The van der Waals surface area contributed by atoms with Gasteiger partial charge in [-0.2, -0.15) is 4.57 Å². The Balaban J connectivity index is 2.42. The molecule has 3 heterocycles. The second-order valence-electron chi connectivity index (χ2n) is 5.30. The zero-order valence-electron chi connectivity index (χ0n) is 11.9. The van der Waals surface area contributed by atoms with E-state index >= 15 is 0 Å². The summed E-state index contributed by atoms with van der Waals surface area (Å²) in [5.41, 5.74) is 7.67. The molecule has 0 amide bonds. The van der Waals surface area contributed by atoms with Crippen LogP contribution in [0.4, 0.5) is 0 Å². The number of nitrogens with zero attached hydrogens (tertiary/aromatic N) is 2. The van der Waals surface area contributed by atoms with Crippen LogP contribution in [0.2, 0.25) is 0 Å². The van der Waals surface area contributed by atoms with Crippen molar-refractivity contribution in [3.05, 3.63) is 59.4 Å². The molecule has 0 atom stereocenters. The van der Waals surface area contributed by atoms with E-state index in [9.17, 15) is 0 Å². The van der Waals surface area contributed by atoms with Gasteiger partial charge < -0.3 is 4.40 Å². The van der Waals surface area contributed by atoms with Crippen molar-refractivity contribution in [2.45, 2.75) is 20.8 Å². The number of hydrogen-bond acceptors (Lipinski definition) is 0. The molecule has 3 aromatic heterocycles. The third-order valence-corrected chi connectivity index (χ3v) is 3.72. The lowest BCUT2D eigenvalue weighted by Gasteiger charge is -2.07. The minimum absolute atomic E-state index is 1.26. The van der Waals surface area contributed by atoms with E-state index in [-0.39, 0.29) is 0 Å². The Bertz CT molecular complexity index is 766. The van der Waals surface area contributed by atoms with Crippen LogP contribution in [0.5, 0.6) is 0 Å². The standard InChI is InChI=1S/C17H19N2/c1-12-8-9-18(4)16(10-12)17-13(2)11-15-7-5-6-14(3)19(15)17/h5-11H,1-4H3/q+1. The van der Waals surface area contributed by atoms with Gasteiger partial charge in [-0.3, -0.25) is 0 Å². The Morgan fingerprint density at radius 3 is 2.58 bits per heavy atom. The zero-order chi connectivity index (χ0) is 13.6. The van der Waals surface area contributed by atoms with Gasteiger partial charge in [-0.05, 0) is 50.1 Å². The summed E-state index contributed by atoms with van der Waals surface area (Å²) in [6.45, 7) is 6.48. The van der Waals surface area contributed by atoms with Crippen LogP contribution in [0.3, 0.4) is 0 Å². The van der Waals surface area contributed by atoms with Crippen molar-refractivity contribution < 1.29 is 4.57 Å². The van der Waals surface area contributed by atoms with Gasteiger partial charge in [0.25, 0.3) is 0 Å². The topological polar surface area (TPSA) is 8.29 Å². The molecule has 0 aliphatic rings. The Kier molecular flexibility index (Phi) is 2.67. The molecule has 0 aliphatic heterocycles. The maximum absolute atomic E-state index is 2.34. The van der Waals surface area contributed by atoms with Gasteiger partial charge in [-0.25, -0.2) is 0 Å². The van der Waals surface area contributed by atoms with Crippen molar-refractivity contribution in [3.8, 4) is 11.4 Å². The average Bonchev–Trinajstić information content (AvgIpc) is 2.70. The van der Waals surface area contributed by atoms with E-state index in [0.29, 0.717) is 0 Å². The van der Waals surface area contributed by atoms with E-state index in [1.165, 1.54) is 33.7 Å². The first-order valence-electron chi connectivity index (χ1n) is 6.62. The lowest BCUT2D eigenvalue weighted by atomic mass is 10.1. The number of aromatic nitrogens is 2. The number of fused-ring (bicyclic) bond motifs is 1. The van der Waals surface area contributed by atoms with E-state index in [0.717, 1.165) is 0 Å². The summed E-state index contributed by atoms with van der Waals surface area (Å²) in [4.78, 5) is 0. The fraction of sp³-hybridized carbons (Fsp3) is 0.235. The van der Waals surface area contributed by atoms with E-state index in [2.05, 4.69) is 79.4 Å². The van der Waals surface area contributed by atoms with Gasteiger partial charge in [-0.1, -0.05) is 6.07 Å². The van der Waals surface area contributed by atoms with E-state index in [4.69, 9.17) is 0 Å². The summed E-state index contributed by atoms with van der Waals surface area (Å²) in [7, 11) is 2.10. The van der Waals surface area contributed by atoms with Gasteiger partial charge >= 0.3 is 0 Å². The number of pyridine rings is 2. The third-order valence-electron chi connectivity index (χ3n) is 3.72. The van der Waals surface area contributed by atoms with Gasteiger partial charge in [0.05, 0.1) is 0 Å². The first kappa shape index (κ1) is 12.0. The highest BCUT2D eigenvalue weighted by Gasteiger charge is 2.18. The van der Waals surface area contributed by atoms with Crippen LogP contribution >= 0.6 is 0 Å². The summed E-state index contributed by atoms with van der Waals surface area (Å²) in [5, 5.41) is 0. The first-order chi connectivity index (χ1) is 9.08. The molecule has 0 N–H and O–H groups in total. The van der Waals surface area contributed by atoms with Gasteiger partial charge in [0, 0.05) is 23.3 Å². The van der Waals surface area contributed by atoms with Gasteiger partial charge in [0.1, 0.15) is 12.7 Å². The van der Waals surface area contributed by atoms with Crippen LogP contribution < -0.4 is 4.57 Å². The molecule has 0 radical (unpaired) electrons. The molecule has 0 saturated carbocycles. The van der Waals surface area contributed by atoms with Gasteiger partial charge in [0.2, 0.25) is 5.69 Å². The SMILES string of the molecule is Cc1cc[n+](C)c(-c2c(C)cc3cccc(C)n23)c1. The van der Waals surface area contributed by atoms with Crippen LogP contribution in [0, 0.1) is 20.8 Å². The fourth-order valence-corrected chi connectivity index (χ4v) is 2.75. The molecule has 0 spiro atoms. The summed E-state index contributed by atoms with van der Waals surface area (Å²) in [6, 6.07) is 13.1. The summed E-state index contributed by atoms with van der Waals surface area (Å²) in [6.07, 6.45) is 2.13. The van der Waals surface area contributed by atoms with E-state index in [1.807, 2.05) is 0 Å². The Labute approximate surface area is 113 Å². The van der Waals surface area contributed by atoms with Crippen LogP contribution in [0.15, 0.2) is 42.6 Å². The fourth-order valence-electron chi connectivity index (χ4n) is 2.75. The van der Waals surface area contributed by atoms with Crippen molar-refractivity contribution in [2.75, 3.05) is 0 Å². The maximum Gasteiger partial charge on any atom is 0.229 e. The van der Waals surface area contributed by atoms with Gasteiger partial charge in [0.15, 0.2) is 6.20 Å². The highest BCUT2D eigenvalue weighted by atomic mass is 15.0.